The lowest BCUT2D eigenvalue weighted by Crippen LogP contribution is -2.39. The summed E-state index contributed by atoms with van der Waals surface area (Å²) in [5.74, 6) is -0.0990. The van der Waals surface area contributed by atoms with E-state index in [2.05, 4.69) is 0 Å². The first-order valence-corrected chi connectivity index (χ1v) is 6.58. The summed E-state index contributed by atoms with van der Waals surface area (Å²) in [5.41, 5.74) is 1.38. The van der Waals surface area contributed by atoms with E-state index in [9.17, 15) is 9.59 Å². The zero-order valence-corrected chi connectivity index (χ0v) is 11.4. The first-order valence-electron chi connectivity index (χ1n) is 6.58. The molecule has 1 fully saturated rings. The number of amides is 1. The van der Waals surface area contributed by atoms with Crippen LogP contribution in [0, 0.1) is 5.92 Å². The molecule has 1 aromatic rings. The van der Waals surface area contributed by atoms with Gasteiger partial charge in [0.25, 0.3) is 0 Å². The number of esters is 1. The van der Waals surface area contributed by atoms with Gasteiger partial charge in [-0.15, -0.1) is 0 Å². The van der Waals surface area contributed by atoms with Gasteiger partial charge in [0, 0.05) is 19.0 Å². The summed E-state index contributed by atoms with van der Waals surface area (Å²) in [6, 6.07) is 7.29. The van der Waals surface area contributed by atoms with Crippen LogP contribution in [-0.2, 0) is 16.1 Å². The molecule has 1 amide bonds. The number of likely N-dealkylation sites (tertiary alicyclic amines) is 1. The minimum absolute atomic E-state index is 0.0824. The van der Waals surface area contributed by atoms with Crippen molar-refractivity contribution in [3.63, 3.8) is 0 Å². The molecule has 1 aliphatic heterocycles. The Bertz CT molecular complexity index is 484. The number of ether oxygens (including phenoxy) is 1. The van der Waals surface area contributed by atoms with Gasteiger partial charge in [-0.2, -0.15) is 0 Å². The number of methoxy groups -OCH3 is 1. The van der Waals surface area contributed by atoms with Gasteiger partial charge in [-0.25, -0.2) is 4.79 Å². The second-order valence-corrected chi connectivity index (χ2v) is 4.95. The van der Waals surface area contributed by atoms with Gasteiger partial charge in [0.05, 0.1) is 12.7 Å². The van der Waals surface area contributed by atoms with E-state index >= 15 is 0 Å². The van der Waals surface area contributed by atoms with Crippen molar-refractivity contribution in [2.24, 2.45) is 5.92 Å². The van der Waals surface area contributed by atoms with Crippen molar-refractivity contribution in [3.05, 3.63) is 35.4 Å². The maximum absolute atomic E-state index is 12.1. The molecule has 0 aliphatic carbocycles. The Balaban J connectivity index is 2.19. The number of nitrogens with zero attached hydrogens (tertiary/aromatic N) is 1. The third-order valence-corrected chi connectivity index (χ3v) is 3.58. The molecule has 0 spiro atoms. The second-order valence-electron chi connectivity index (χ2n) is 4.95. The van der Waals surface area contributed by atoms with Gasteiger partial charge in [-0.05, 0) is 24.5 Å². The van der Waals surface area contributed by atoms with Gasteiger partial charge < -0.3 is 9.64 Å². The van der Waals surface area contributed by atoms with Crippen LogP contribution >= 0.6 is 0 Å². The summed E-state index contributed by atoms with van der Waals surface area (Å²) in [6.07, 6.45) is 1.97. The van der Waals surface area contributed by atoms with Crippen LogP contribution in [0.5, 0.6) is 0 Å². The van der Waals surface area contributed by atoms with Crippen LogP contribution in [0.4, 0.5) is 0 Å². The zero-order chi connectivity index (χ0) is 13.8. The monoisotopic (exact) mass is 261 g/mol. The number of carbonyl (C=O) groups excluding carboxylic acids is 2. The van der Waals surface area contributed by atoms with Gasteiger partial charge in [0.15, 0.2) is 0 Å². The molecule has 0 aromatic heterocycles. The Morgan fingerprint density at radius 2 is 2.16 bits per heavy atom. The minimum atomic E-state index is -0.354. The van der Waals surface area contributed by atoms with E-state index in [-0.39, 0.29) is 17.8 Å². The van der Waals surface area contributed by atoms with E-state index in [0.717, 1.165) is 24.9 Å². The summed E-state index contributed by atoms with van der Waals surface area (Å²) >= 11 is 0. The van der Waals surface area contributed by atoms with Gasteiger partial charge in [-0.3, -0.25) is 4.79 Å². The third-order valence-electron chi connectivity index (χ3n) is 3.58. The largest absolute Gasteiger partial charge is 0.465 e. The zero-order valence-electron chi connectivity index (χ0n) is 11.4. The number of benzene rings is 1. The lowest BCUT2D eigenvalue weighted by molar-refractivity contribution is -0.138. The molecule has 1 aliphatic rings. The maximum atomic E-state index is 12.1. The molecule has 1 heterocycles. The van der Waals surface area contributed by atoms with Crippen LogP contribution in [0.25, 0.3) is 0 Å². The van der Waals surface area contributed by atoms with E-state index in [0.29, 0.717) is 12.1 Å². The molecule has 1 unspecified atom stereocenters. The number of piperidine rings is 1. The van der Waals surface area contributed by atoms with E-state index in [4.69, 9.17) is 4.74 Å². The number of rotatable bonds is 3. The smallest absolute Gasteiger partial charge is 0.338 e. The Morgan fingerprint density at radius 1 is 1.42 bits per heavy atom. The number of carbonyl (C=O) groups is 2. The number of hydrogen-bond acceptors (Lipinski definition) is 3. The van der Waals surface area contributed by atoms with Crippen molar-refractivity contribution in [3.8, 4) is 0 Å². The van der Waals surface area contributed by atoms with Crippen LogP contribution in [0.15, 0.2) is 24.3 Å². The average molecular weight is 261 g/mol. The molecule has 2 rings (SSSR count). The highest BCUT2D eigenvalue weighted by atomic mass is 16.5. The summed E-state index contributed by atoms with van der Waals surface area (Å²) in [4.78, 5) is 25.6. The molecule has 1 aromatic carbocycles. The van der Waals surface area contributed by atoms with Crippen LogP contribution < -0.4 is 0 Å². The van der Waals surface area contributed by atoms with Crippen molar-refractivity contribution in [1.29, 1.82) is 0 Å². The normalized spacial score (nSPS) is 19.4. The van der Waals surface area contributed by atoms with E-state index < -0.39 is 0 Å². The Kier molecular flexibility index (Phi) is 4.20. The van der Waals surface area contributed by atoms with Gasteiger partial charge >= 0.3 is 5.97 Å². The highest BCUT2D eigenvalue weighted by molar-refractivity contribution is 5.91. The molecule has 0 radical (unpaired) electrons. The molecule has 4 nitrogen and oxygen atoms in total. The lowest BCUT2D eigenvalue weighted by atomic mass is 9.98. The van der Waals surface area contributed by atoms with E-state index in [1.807, 2.05) is 24.0 Å². The highest BCUT2D eigenvalue weighted by Crippen LogP contribution is 2.21. The van der Waals surface area contributed by atoms with Crippen molar-refractivity contribution in [2.45, 2.75) is 26.3 Å². The standard InChI is InChI=1S/C15H19NO3/c1-11-6-5-9-16(14(11)17)10-12-7-3-4-8-13(12)15(18)19-2/h3-4,7-8,11H,5-6,9-10H2,1-2H3. The summed E-state index contributed by atoms with van der Waals surface area (Å²) in [6.45, 7) is 3.20. The van der Waals surface area contributed by atoms with Crippen molar-refractivity contribution in [2.75, 3.05) is 13.7 Å². The van der Waals surface area contributed by atoms with Crippen LogP contribution in [-0.4, -0.2) is 30.4 Å². The first kappa shape index (κ1) is 13.6. The minimum Gasteiger partial charge on any atom is -0.465 e. The molecular formula is C15H19NO3. The molecule has 102 valence electrons. The van der Waals surface area contributed by atoms with Gasteiger partial charge in [0.1, 0.15) is 0 Å². The molecule has 19 heavy (non-hydrogen) atoms. The maximum Gasteiger partial charge on any atom is 0.338 e. The van der Waals surface area contributed by atoms with E-state index in [1.165, 1.54) is 7.11 Å². The van der Waals surface area contributed by atoms with Gasteiger partial charge in [0.2, 0.25) is 5.91 Å². The Hall–Kier alpha value is -1.84. The average Bonchev–Trinajstić information content (AvgIpc) is 2.43. The topological polar surface area (TPSA) is 46.6 Å². The SMILES string of the molecule is COC(=O)c1ccccc1CN1CCCC(C)C1=O. The van der Waals surface area contributed by atoms with Crippen LogP contribution in [0.2, 0.25) is 0 Å². The van der Waals surface area contributed by atoms with Crippen LogP contribution in [0.3, 0.4) is 0 Å². The predicted octanol–water partition coefficient (Wildman–Crippen LogP) is 2.23. The molecule has 1 atom stereocenters. The number of hydrogen-bond donors (Lipinski definition) is 0. The Labute approximate surface area is 113 Å². The Morgan fingerprint density at radius 3 is 2.89 bits per heavy atom. The molecule has 1 saturated heterocycles. The molecule has 0 saturated carbocycles. The molecule has 0 N–H and O–H groups in total. The molecule has 0 bridgehead atoms. The summed E-state index contributed by atoms with van der Waals surface area (Å²) in [5, 5.41) is 0. The predicted molar refractivity (Wildman–Crippen MR) is 71.6 cm³/mol. The second kappa shape index (κ2) is 5.87. The van der Waals surface area contributed by atoms with Crippen molar-refractivity contribution < 1.29 is 14.3 Å². The first-order chi connectivity index (χ1) is 9.13. The molecular weight excluding hydrogens is 242 g/mol. The van der Waals surface area contributed by atoms with Crippen molar-refractivity contribution in [1.82, 2.24) is 4.90 Å². The quantitative estimate of drug-likeness (QED) is 0.784. The fourth-order valence-corrected chi connectivity index (χ4v) is 2.46. The third kappa shape index (κ3) is 2.95. The van der Waals surface area contributed by atoms with E-state index in [1.54, 1.807) is 12.1 Å². The fraction of sp³-hybridized carbons (Fsp3) is 0.467. The fourth-order valence-electron chi connectivity index (χ4n) is 2.46. The summed E-state index contributed by atoms with van der Waals surface area (Å²) < 4.78 is 4.77. The van der Waals surface area contributed by atoms with Gasteiger partial charge in [-0.1, -0.05) is 25.1 Å². The van der Waals surface area contributed by atoms with Crippen LogP contribution in [0.1, 0.15) is 35.7 Å². The highest BCUT2D eigenvalue weighted by Gasteiger charge is 2.26. The molecule has 4 heteroatoms. The van der Waals surface area contributed by atoms with Crippen molar-refractivity contribution >= 4 is 11.9 Å². The lowest BCUT2D eigenvalue weighted by Gasteiger charge is -2.31. The summed E-state index contributed by atoms with van der Waals surface area (Å²) in [7, 11) is 1.37.